The monoisotopic (exact) mass is 375 g/mol. The third-order valence-electron chi connectivity index (χ3n) is 6.19. The second-order valence-electron chi connectivity index (χ2n) is 7.80. The summed E-state index contributed by atoms with van der Waals surface area (Å²) < 4.78 is 1.74. The smallest absolute Gasteiger partial charge is 0.170 e. The summed E-state index contributed by atoms with van der Waals surface area (Å²) in [6.45, 7) is 4.52. The molecule has 1 aromatic carbocycles. The summed E-state index contributed by atoms with van der Waals surface area (Å²) in [6.07, 6.45) is 8.14. The number of piperazine rings is 1. The molecule has 1 saturated heterocycles. The predicted octanol–water partition coefficient (Wildman–Crippen LogP) is 3.27. The van der Waals surface area contributed by atoms with Gasteiger partial charge in [0.2, 0.25) is 0 Å². The number of carbonyl (C=O) groups is 1. The number of hydrogen-bond donors (Lipinski definition) is 0. The van der Waals surface area contributed by atoms with E-state index in [0.717, 1.165) is 55.4 Å². The first-order chi connectivity index (χ1) is 13.8. The highest BCUT2D eigenvalue weighted by Crippen LogP contribution is 2.27. The lowest BCUT2D eigenvalue weighted by Crippen LogP contribution is -2.49. The van der Waals surface area contributed by atoms with Crippen molar-refractivity contribution in [2.24, 2.45) is 0 Å². The van der Waals surface area contributed by atoms with Crippen molar-refractivity contribution in [3.05, 3.63) is 48.3 Å². The average molecular weight is 375 g/mol. The molecule has 0 atom stereocenters. The number of carbonyl (C=O) groups excluding carboxylic acids is 1. The Labute approximate surface area is 164 Å². The average Bonchev–Trinajstić information content (AvgIpc) is 3.44. The lowest BCUT2D eigenvalue weighted by molar-refractivity contribution is 0.111. The zero-order chi connectivity index (χ0) is 18.9. The maximum absolute atomic E-state index is 11.0. The molecule has 6 heteroatoms. The first-order valence-corrected chi connectivity index (χ1v) is 10.2. The quantitative estimate of drug-likeness (QED) is 0.655. The van der Waals surface area contributed by atoms with Crippen molar-refractivity contribution in [1.29, 1.82) is 0 Å². The molecule has 28 heavy (non-hydrogen) atoms. The minimum absolute atomic E-state index is 0.406. The van der Waals surface area contributed by atoms with Crippen LogP contribution in [0.4, 0.5) is 5.69 Å². The van der Waals surface area contributed by atoms with Crippen LogP contribution in [0.15, 0.2) is 42.6 Å². The number of imidazole rings is 1. The largest absolute Gasteiger partial charge is 0.369 e. The molecule has 3 heterocycles. The summed E-state index contributed by atoms with van der Waals surface area (Å²) in [5, 5.41) is 4.36. The van der Waals surface area contributed by atoms with E-state index in [0.29, 0.717) is 5.69 Å². The molecule has 1 aliphatic heterocycles. The van der Waals surface area contributed by atoms with Gasteiger partial charge in [0.15, 0.2) is 11.9 Å². The Kier molecular flexibility index (Phi) is 4.56. The third kappa shape index (κ3) is 3.18. The molecule has 0 amide bonds. The molecule has 2 aromatic heterocycles. The Morgan fingerprint density at radius 1 is 0.929 bits per heavy atom. The number of nitrogens with zero attached hydrogens (tertiary/aromatic N) is 5. The lowest BCUT2D eigenvalue weighted by atomic mass is 10.1. The summed E-state index contributed by atoms with van der Waals surface area (Å²) in [5.74, 6) is 0. The van der Waals surface area contributed by atoms with E-state index in [1.807, 2.05) is 12.3 Å². The Hall–Kier alpha value is -2.73. The van der Waals surface area contributed by atoms with Gasteiger partial charge in [0, 0.05) is 43.5 Å². The maximum Gasteiger partial charge on any atom is 0.170 e. The van der Waals surface area contributed by atoms with Gasteiger partial charge in [-0.3, -0.25) is 9.69 Å². The molecule has 2 fully saturated rings. The predicted molar refractivity (Wildman–Crippen MR) is 110 cm³/mol. The van der Waals surface area contributed by atoms with Crippen LogP contribution in [0, 0.1) is 0 Å². The molecule has 0 bridgehead atoms. The Morgan fingerprint density at radius 2 is 1.68 bits per heavy atom. The van der Waals surface area contributed by atoms with Crippen LogP contribution in [0.2, 0.25) is 0 Å². The van der Waals surface area contributed by atoms with Gasteiger partial charge in [0.1, 0.15) is 5.69 Å². The number of aldehydes is 1. The van der Waals surface area contributed by atoms with Crippen LogP contribution in [-0.2, 0) is 0 Å². The van der Waals surface area contributed by atoms with Crippen molar-refractivity contribution in [2.75, 3.05) is 31.1 Å². The van der Waals surface area contributed by atoms with Gasteiger partial charge in [-0.05, 0) is 37.1 Å². The molecule has 0 spiro atoms. The molecule has 0 N–H and O–H groups in total. The fourth-order valence-electron chi connectivity index (χ4n) is 4.60. The molecular formula is C22H25N5O. The van der Waals surface area contributed by atoms with Gasteiger partial charge in [-0.15, -0.1) is 0 Å². The minimum Gasteiger partial charge on any atom is -0.369 e. The SMILES string of the molecule is O=Cc1ccc2ncc(-c3ccc(N4CCN(C5CCCC5)CC4)cc3)n2n1. The number of anilines is 1. The third-order valence-corrected chi connectivity index (χ3v) is 6.19. The van der Waals surface area contributed by atoms with E-state index in [4.69, 9.17) is 0 Å². The van der Waals surface area contributed by atoms with E-state index < -0.39 is 0 Å². The number of benzene rings is 1. The van der Waals surface area contributed by atoms with Crippen molar-refractivity contribution in [1.82, 2.24) is 19.5 Å². The molecule has 144 valence electrons. The second-order valence-corrected chi connectivity index (χ2v) is 7.80. The van der Waals surface area contributed by atoms with Gasteiger partial charge in [-0.1, -0.05) is 25.0 Å². The number of aromatic nitrogens is 3. The standard InChI is InChI=1S/C22H25N5O/c28-16-18-7-10-22-23-15-21(27(22)24-18)17-5-8-20(9-6-17)26-13-11-25(12-14-26)19-3-1-2-4-19/h5-10,15-16,19H,1-4,11-14H2. The number of hydrogen-bond acceptors (Lipinski definition) is 5. The highest BCUT2D eigenvalue weighted by molar-refractivity contribution is 5.73. The van der Waals surface area contributed by atoms with Gasteiger partial charge in [-0.2, -0.15) is 5.10 Å². The van der Waals surface area contributed by atoms with Gasteiger partial charge < -0.3 is 4.90 Å². The normalized spacial score (nSPS) is 18.8. The Bertz CT molecular complexity index is 966. The van der Waals surface area contributed by atoms with E-state index >= 15 is 0 Å². The molecule has 1 aliphatic carbocycles. The van der Waals surface area contributed by atoms with Gasteiger partial charge in [-0.25, -0.2) is 9.50 Å². The van der Waals surface area contributed by atoms with Crippen molar-refractivity contribution >= 4 is 17.6 Å². The zero-order valence-corrected chi connectivity index (χ0v) is 16.0. The molecule has 1 saturated carbocycles. The highest BCUT2D eigenvalue weighted by atomic mass is 16.1. The van der Waals surface area contributed by atoms with E-state index in [1.54, 1.807) is 10.6 Å². The fraction of sp³-hybridized carbons (Fsp3) is 0.409. The minimum atomic E-state index is 0.406. The van der Waals surface area contributed by atoms with E-state index in [-0.39, 0.29) is 0 Å². The van der Waals surface area contributed by atoms with Crippen LogP contribution < -0.4 is 4.90 Å². The van der Waals surface area contributed by atoms with Gasteiger partial charge in [0.25, 0.3) is 0 Å². The van der Waals surface area contributed by atoms with Crippen LogP contribution in [0.3, 0.4) is 0 Å². The van der Waals surface area contributed by atoms with E-state index in [2.05, 4.69) is 44.1 Å². The Morgan fingerprint density at radius 3 is 2.39 bits per heavy atom. The lowest BCUT2D eigenvalue weighted by Gasteiger charge is -2.39. The van der Waals surface area contributed by atoms with Crippen LogP contribution in [0.1, 0.15) is 36.2 Å². The van der Waals surface area contributed by atoms with Crippen LogP contribution in [0.25, 0.3) is 16.9 Å². The van der Waals surface area contributed by atoms with Gasteiger partial charge in [0.05, 0.1) is 11.9 Å². The number of rotatable bonds is 4. The summed E-state index contributed by atoms with van der Waals surface area (Å²) >= 11 is 0. The van der Waals surface area contributed by atoms with Crippen molar-refractivity contribution in [3.8, 4) is 11.3 Å². The van der Waals surface area contributed by atoms with Crippen molar-refractivity contribution in [3.63, 3.8) is 0 Å². The van der Waals surface area contributed by atoms with Crippen molar-refractivity contribution in [2.45, 2.75) is 31.7 Å². The van der Waals surface area contributed by atoms with Gasteiger partial charge >= 0.3 is 0 Å². The second kappa shape index (κ2) is 7.36. The molecule has 0 unspecified atom stereocenters. The molecule has 3 aromatic rings. The maximum atomic E-state index is 11.0. The van der Waals surface area contributed by atoms with Crippen LogP contribution >= 0.6 is 0 Å². The first-order valence-electron chi connectivity index (χ1n) is 10.2. The summed E-state index contributed by atoms with van der Waals surface area (Å²) in [7, 11) is 0. The van der Waals surface area contributed by atoms with E-state index in [1.165, 1.54) is 31.4 Å². The van der Waals surface area contributed by atoms with E-state index in [9.17, 15) is 4.79 Å². The fourth-order valence-corrected chi connectivity index (χ4v) is 4.60. The van der Waals surface area contributed by atoms with Crippen LogP contribution in [0.5, 0.6) is 0 Å². The summed E-state index contributed by atoms with van der Waals surface area (Å²) in [5.41, 5.74) is 4.37. The van der Waals surface area contributed by atoms with Crippen molar-refractivity contribution < 1.29 is 4.79 Å². The number of fused-ring (bicyclic) bond motifs is 1. The Balaban J connectivity index is 1.32. The molecule has 2 aliphatic rings. The van der Waals surface area contributed by atoms with Crippen LogP contribution in [-0.4, -0.2) is 58.0 Å². The highest BCUT2D eigenvalue weighted by Gasteiger charge is 2.26. The summed E-state index contributed by atoms with van der Waals surface area (Å²) in [6, 6.07) is 12.9. The topological polar surface area (TPSA) is 53.7 Å². The molecule has 0 radical (unpaired) electrons. The molecular weight excluding hydrogens is 350 g/mol. The first kappa shape index (κ1) is 17.4. The summed E-state index contributed by atoms with van der Waals surface area (Å²) in [4.78, 5) is 20.6. The zero-order valence-electron chi connectivity index (χ0n) is 16.0. The molecule has 6 nitrogen and oxygen atoms in total. The molecule has 5 rings (SSSR count).